The molecule has 0 aliphatic heterocycles. The predicted octanol–water partition coefficient (Wildman–Crippen LogP) is 4.75. The highest BCUT2D eigenvalue weighted by Gasteiger charge is 2.33. The quantitative estimate of drug-likeness (QED) is 0.715. The molecule has 1 amide bonds. The Bertz CT molecular complexity index is 824. The topological polar surface area (TPSA) is 55.4 Å². The number of benzene rings is 2. The Morgan fingerprint density at radius 2 is 1.85 bits per heavy atom. The number of carbonyl (C=O) groups excluding carboxylic acids is 2. The molecule has 0 radical (unpaired) electrons. The maximum absolute atomic E-state index is 13.0. The third-order valence-electron chi connectivity index (χ3n) is 3.71. The minimum absolute atomic E-state index is 0.268. The minimum Gasteiger partial charge on any atom is -0.465 e. The van der Waals surface area contributed by atoms with Gasteiger partial charge in [0.1, 0.15) is 0 Å². The number of thioether (sulfide) groups is 1. The SMILES string of the molecule is COC(=O)c1cccc(CSC(C)C(=O)Nc2ccccc2C(F)(F)F)c1. The Labute approximate surface area is 159 Å². The summed E-state index contributed by atoms with van der Waals surface area (Å²) in [6, 6.07) is 11.6. The molecular formula is C19H18F3NO3S. The van der Waals surface area contributed by atoms with Crippen LogP contribution in [0.5, 0.6) is 0 Å². The number of esters is 1. The van der Waals surface area contributed by atoms with E-state index < -0.39 is 28.9 Å². The van der Waals surface area contributed by atoms with Gasteiger partial charge in [0.15, 0.2) is 0 Å². The summed E-state index contributed by atoms with van der Waals surface area (Å²) in [5.74, 6) is -0.572. The van der Waals surface area contributed by atoms with E-state index in [0.29, 0.717) is 11.3 Å². The van der Waals surface area contributed by atoms with Crippen LogP contribution in [-0.2, 0) is 21.5 Å². The van der Waals surface area contributed by atoms with Crippen molar-refractivity contribution in [3.05, 3.63) is 65.2 Å². The lowest BCUT2D eigenvalue weighted by Gasteiger charge is -2.16. The van der Waals surface area contributed by atoms with Gasteiger partial charge in [0.25, 0.3) is 0 Å². The first-order valence-corrected chi connectivity index (χ1v) is 9.03. The van der Waals surface area contributed by atoms with Crippen LogP contribution in [0.1, 0.15) is 28.4 Å². The first kappa shape index (κ1) is 20.8. The van der Waals surface area contributed by atoms with Gasteiger partial charge in [-0.25, -0.2) is 4.79 Å². The number of ether oxygens (including phenoxy) is 1. The summed E-state index contributed by atoms with van der Waals surface area (Å²) in [5.41, 5.74) is 0.0431. The first-order chi connectivity index (χ1) is 12.7. The molecular weight excluding hydrogens is 379 g/mol. The highest BCUT2D eigenvalue weighted by molar-refractivity contribution is 7.99. The highest BCUT2D eigenvalue weighted by atomic mass is 32.2. The lowest BCUT2D eigenvalue weighted by molar-refractivity contribution is -0.137. The number of para-hydroxylation sites is 1. The van der Waals surface area contributed by atoms with Crippen LogP contribution in [0.25, 0.3) is 0 Å². The van der Waals surface area contributed by atoms with Crippen molar-refractivity contribution in [3.63, 3.8) is 0 Å². The molecule has 1 atom stereocenters. The van der Waals surface area contributed by atoms with Crippen molar-refractivity contribution in [1.29, 1.82) is 0 Å². The Morgan fingerprint density at radius 3 is 2.52 bits per heavy atom. The molecule has 0 heterocycles. The number of carbonyl (C=O) groups is 2. The molecule has 2 aromatic carbocycles. The molecule has 2 aromatic rings. The van der Waals surface area contributed by atoms with Crippen molar-refractivity contribution in [3.8, 4) is 0 Å². The zero-order chi connectivity index (χ0) is 20.0. The average Bonchev–Trinajstić information content (AvgIpc) is 2.65. The van der Waals surface area contributed by atoms with E-state index in [1.54, 1.807) is 31.2 Å². The molecule has 1 N–H and O–H groups in total. The van der Waals surface area contributed by atoms with Crippen LogP contribution in [0.2, 0.25) is 0 Å². The fourth-order valence-corrected chi connectivity index (χ4v) is 3.11. The van der Waals surface area contributed by atoms with Crippen LogP contribution >= 0.6 is 11.8 Å². The summed E-state index contributed by atoms with van der Waals surface area (Å²) in [6.45, 7) is 1.61. The van der Waals surface area contributed by atoms with Gasteiger partial charge in [-0.1, -0.05) is 24.3 Å². The number of alkyl halides is 3. The van der Waals surface area contributed by atoms with Gasteiger partial charge in [-0.3, -0.25) is 4.79 Å². The molecule has 0 aliphatic carbocycles. The van der Waals surface area contributed by atoms with E-state index in [1.165, 1.54) is 37.1 Å². The Hall–Kier alpha value is -2.48. The summed E-state index contributed by atoms with van der Waals surface area (Å²) in [5, 5.41) is 1.75. The van der Waals surface area contributed by atoms with Crippen molar-refractivity contribution < 1.29 is 27.5 Å². The zero-order valence-electron chi connectivity index (χ0n) is 14.7. The number of amides is 1. The predicted molar refractivity (Wildman–Crippen MR) is 98.6 cm³/mol. The van der Waals surface area contributed by atoms with Crippen LogP contribution in [0.4, 0.5) is 18.9 Å². The van der Waals surface area contributed by atoms with Gasteiger partial charge in [0.2, 0.25) is 5.91 Å². The number of hydrogen-bond donors (Lipinski definition) is 1. The Kier molecular flexibility index (Phi) is 6.90. The molecule has 0 aliphatic rings. The summed E-state index contributed by atoms with van der Waals surface area (Å²) < 4.78 is 43.7. The molecule has 8 heteroatoms. The monoisotopic (exact) mass is 397 g/mol. The first-order valence-electron chi connectivity index (χ1n) is 7.98. The summed E-state index contributed by atoms with van der Waals surface area (Å²) >= 11 is 1.25. The van der Waals surface area contributed by atoms with Crippen molar-refractivity contribution in [1.82, 2.24) is 0 Å². The van der Waals surface area contributed by atoms with Crippen LogP contribution < -0.4 is 5.32 Å². The number of rotatable bonds is 6. The van der Waals surface area contributed by atoms with Crippen molar-refractivity contribution in [2.45, 2.75) is 24.1 Å². The van der Waals surface area contributed by atoms with E-state index in [2.05, 4.69) is 10.1 Å². The van der Waals surface area contributed by atoms with Crippen LogP contribution in [0.15, 0.2) is 48.5 Å². The van der Waals surface area contributed by atoms with Gasteiger partial charge in [0, 0.05) is 5.75 Å². The van der Waals surface area contributed by atoms with Gasteiger partial charge in [-0.15, -0.1) is 11.8 Å². The van der Waals surface area contributed by atoms with Gasteiger partial charge in [-0.05, 0) is 36.8 Å². The van der Waals surface area contributed by atoms with Gasteiger partial charge in [-0.2, -0.15) is 13.2 Å². The lowest BCUT2D eigenvalue weighted by atomic mass is 10.1. The molecule has 4 nitrogen and oxygen atoms in total. The number of halogens is 3. The van der Waals surface area contributed by atoms with E-state index in [0.717, 1.165) is 11.6 Å². The number of anilines is 1. The van der Waals surface area contributed by atoms with E-state index in [-0.39, 0.29) is 5.69 Å². The molecule has 0 saturated carbocycles. The van der Waals surface area contributed by atoms with E-state index in [4.69, 9.17) is 0 Å². The second kappa shape index (κ2) is 8.94. The Balaban J connectivity index is 2.00. The Morgan fingerprint density at radius 1 is 1.15 bits per heavy atom. The van der Waals surface area contributed by atoms with E-state index in [1.807, 2.05) is 0 Å². The van der Waals surface area contributed by atoms with Crippen molar-refractivity contribution in [2.75, 3.05) is 12.4 Å². The van der Waals surface area contributed by atoms with Crippen LogP contribution in [-0.4, -0.2) is 24.2 Å². The fourth-order valence-electron chi connectivity index (χ4n) is 2.28. The smallest absolute Gasteiger partial charge is 0.418 e. The van der Waals surface area contributed by atoms with Crippen molar-refractivity contribution >= 4 is 29.3 Å². The molecule has 0 saturated heterocycles. The third kappa shape index (κ3) is 5.75. The number of methoxy groups -OCH3 is 1. The van der Waals surface area contributed by atoms with Gasteiger partial charge < -0.3 is 10.1 Å². The largest absolute Gasteiger partial charge is 0.465 e. The summed E-state index contributed by atoms with van der Waals surface area (Å²) in [6.07, 6.45) is -4.55. The van der Waals surface area contributed by atoms with E-state index in [9.17, 15) is 22.8 Å². The highest BCUT2D eigenvalue weighted by Crippen LogP contribution is 2.34. The standard InChI is InChI=1S/C19H18F3NO3S/c1-12(27-11-13-6-5-7-14(10-13)18(25)26-2)17(24)23-16-9-4-3-8-15(16)19(20,21)22/h3-10,12H,11H2,1-2H3,(H,23,24). The average molecular weight is 397 g/mol. The molecule has 0 fully saturated rings. The van der Waals surface area contributed by atoms with Crippen LogP contribution in [0.3, 0.4) is 0 Å². The minimum atomic E-state index is -4.55. The second-order valence-electron chi connectivity index (χ2n) is 5.68. The molecule has 27 heavy (non-hydrogen) atoms. The van der Waals surface area contributed by atoms with Gasteiger partial charge in [0.05, 0.1) is 29.2 Å². The van der Waals surface area contributed by atoms with E-state index >= 15 is 0 Å². The molecule has 2 rings (SSSR count). The van der Waals surface area contributed by atoms with Gasteiger partial charge >= 0.3 is 12.1 Å². The third-order valence-corrected chi connectivity index (χ3v) is 4.92. The van der Waals surface area contributed by atoms with Crippen molar-refractivity contribution in [2.24, 2.45) is 0 Å². The normalized spacial score (nSPS) is 12.3. The number of hydrogen-bond acceptors (Lipinski definition) is 4. The number of nitrogens with one attached hydrogen (secondary N) is 1. The zero-order valence-corrected chi connectivity index (χ0v) is 15.5. The maximum atomic E-state index is 13.0. The fraction of sp³-hybridized carbons (Fsp3) is 0.263. The molecule has 144 valence electrons. The lowest BCUT2D eigenvalue weighted by Crippen LogP contribution is -2.24. The second-order valence-corrected chi connectivity index (χ2v) is 7.01. The summed E-state index contributed by atoms with van der Waals surface area (Å²) in [4.78, 5) is 23.8. The van der Waals surface area contributed by atoms with Crippen LogP contribution in [0, 0.1) is 0 Å². The molecule has 0 aromatic heterocycles. The molecule has 1 unspecified atom stereocenters. The molecule has 0 spiro atoms. The molecule has 0 bridgehead atoms. The maximum Gasteiger partial charge on any atom is 0.418 e. The summed E-state index contributed by atoms with van der Waals surface area (Å²) in [7, 11) is 1.29.